The Morgan fingerprint density at radius 2 is 1.55 bits per heavy atom. The molecular formula is C24H21F3O2. The summed E-state index contributed by atoms with van der Waals surface area (Å²) < 4.78 is 47.7. The maximum atomic E-state index is 14.7. The Kier molecular flexibility index (Phi) is 5.69. The zero-order valence-electron chi connectivity index (χ0n) is 15.7. The van der Waals surface area contributed by atoms with Crippen LogP contribution in [-0.2, 0) is 4.74 Å². The Hall–Kier alpha value is -2.63. The number of rotatable bonds is 4. The van der Waals surface area contributed by atoms with Crippen LogP contribution in [0, 0.1) is 17.5 Å². The minimum atomic E-state index is -0.888. The van der Waals surface area contributed by atoms with Gasteiger partial charge in [0, 0.05) is 11.5 Å². The first kappa shape index (κ1) is 19.7. The predicted octanol–water partition coefficient (Wildman–Crippen LogP) is 5.69. The van der Waals surface area contributed by atoms with Gasteiger partial charge in [-0.15, -0.1) is 0 Å². The highest BCUT2D eigenvalue weighted by atomic mass is 19.2. The van der Waals surface area contributed by atoms with Crippen molar-refractivity contribution in [1.82, 2.24) is 0 Å². The fourth-order valence-corrected chi connectivity index (χ4v) is 3.80. The molecular weight excluding hydrogens is 377 g/mol. The third-order valence-corrected chi connectivity index (χ3v) is 5.49. The van der Waals surface area contributed by atoms with E-state index in [1.54, 1.807) is 30.3 Å². The number of benzene rings is 3. The molecule has 2 atom stereocenters. The Morgan fingerprint density at radius 1 is 0.828 bits per heavy atom. The van der Waals surface area contributed by atoms with Gasteiger partial charge in [0.25, 0.3) is 0 Å². The Morgan fingerprint density at radius 3 is 2.21 bits per heavy atom. The molecule has 150 valence electrons. The van der Waals surface area contributed by atoms with Crippen LogP contribution >= 0.6 is 0 Å². The number of aliphatic hydroxyl groups is 1. The second-order valence-electron chi connectivity index (χ2n) is 7.33. The second-order valence-corrected chi connectivity index (χ2v) is 7.33. The standard InChI is InChI=1S/C24H21F3O2/c25-22-3-1-2-21(24(22)27)16-6-4-15(5-7-16)17-9-11-20(23(26)12-17)18-8-10-19(13-28)29-14-18/h1-7,9,11-12,18-19,28H,8,10,13-14H2. The van der Waals surface area contributed by atoms with E-state index in [2.05, 4.69) is 0 Å². The van der Waals surface area contributed by atoms with E-state index in [0.717, 1.165) is 18.1 Å². The normalized spacial score (nSPS) is 19.3. The lowest BCUT2D eigenvalue weighted by atomic mass is 9.89. The minimum Gasteiger partial charge on any atom is -0.394 e. The van der Waals surface area contributed by atoms with Gasteiger partial charge >= 0.3 is 0 Å². The maximum Gasteiger partial charge on any atom is 0.166 e. The summed E-state index contributed by atoms with van der Waals surface area (Å²) in [5.41, 5.74) is 2.86. The molecule has 1 aliphatic heterocycles. The summed E-state index contributed by atoms with van der Waals surface area (Å²) in [5, 5.41) is 9.15. The fourth-order valence-electron chi connectivity index (χ4n) is 3.80. The van der Waals surface area contributed by atoms with Gasteiger partial charge in [0.15, 0.2) is 11.6 Å². The highest BCUT2D eigenvalue weighted by molar-refractivity contribution is 5.71. The molecule has 0 aromatic heterocycles. The lowest BCUT2D eigenvalue weighted by Crippen LogP contribution is -2.27. The van der Waals surface area contributed by atoms with E-state index in [1.807, 2.05) is 6.07 Å². The summed E-state index contributed by atoms with van der Waals surface area (Å²) in [6, 6.07) is 16.1. The molecule has 0 bridgehead atoms. The van der Waals surface area contributed by atoms with Crippen LogP contribution in [0.1, 0.15) is 24.3 Å². The Balaban J connectivity index is 1.55. The molecule has 0 amide bonds. The summed E-state index contributed by atoms with van der Waals surface area (Å²) in [6.07, 6.45) is 1.32. The summed E-state index contributed by atoms with van der Waals surface area (Å²) in [6.45, 7) is 0.388. The second kappa shape index (κ2) is 8.39. The molecule has 1 aliphatic rings. The third-order valence-electron chi connectivity index (χ3n) is 5.49. The summed E-state index contributed by atoms with van der Waals surface area (Å²) in [5.74, 6) is -2.08. The van der Waals surface area contributed by atoms with Crippen LogP contribution in [0.25, 0.3) is 22.3 Å². The molecule has 1 N–H and O–H groups in total. The number of hydrogen-bond acceptors (Lipinski definition) is 2. The van der Waals surface area contributed by atoms with Crippen LogP contribution in [0.2, 0.25) is 0 Å². The molecule has 1 fully saturated rings. The SMILES string of the molecule is OCC1CCC(c2ccc(-c3ccc(-c4cccc(F)c4F)cc3)cc2F)CO1. The largest absolute Gasteiger partial charge is 0.394 e. The summed E-state index contributed by atoms with van der Waals surface area (Å²) in [4.78, 5) is 0. The quantitative estimate of drug-likeness (QED) is 0.612. The first-order valence-corrected chi connectivity index (χ1v) is 9.63. The van der Waals surface area contributed by atoms with Crippen molar-refractivity contribution in [1.29, 1.82) is 0 Å². The molecule has 5 heteroatoms. The molecule has 2 nitrogen and oxygen atoms in total. The van der Waals surface area contributed by atoms with Gasteiger partial charge in [-0.25, -0.2) is 13.2 Å². The van der Waals surface area contributed by atoms with Crippen LogP contribution < -0.4 is 0 Å². The number of halogens is 3. The van der Waals surface area contributed by atoms with E-state index in [-0.39, 0.29) is 30.0 Å². The summed E-state index contributed by atoms with van der Waals surface area (Å²) >= 11 is 0. The van der Waals surface area contributed by atoms with Gasteiger partial charge in [0.05, 0.1) is 19.3 Å². The Labute approximate surface area is 167 Å². The van der Waals surface area contributed by atoms with Crippen molar-refractivity contribution in [2.75, 3.05) is 13.2 Å². The van der Waals surface area contributed by atoms with Crippen LogP contribution in [0.5, 0.6) is 0 Å². The average Bonchev–Trinajstić information content (AvgIpc) is 2.76. The molecule has 0 radical (unpaired) electrons. The first-order chi connectivity index (χ1) is 14.1. The minimum absolute atomic E-state index is 0.0103. The van der Waals surface area contributed by atoms with Crippen LogP contribution in [-0.4, -0.2) is 24.4 Å². The maximum absolute atomic E-state index is 14.7. The fraction of sp³-hybridized carbons (Fsp3) is 0.250. The molecule has 3 aromatic rings. The van der Waals surface area contributed by atoms with Gasteiger partial charge in [-0.3, -0.25) is 0 Å². The van der Waals surface area contributed by atoms with Crippen LogP contribution in [0.3, 0.4) is 0 Å². The van der Waals surface area contributed by atoms with Crippen molar-refractivity contribution in [3.05, 3.63) is 83.7 Å². The lowest BCUT2D eigenvalue weighted by molar-refractivity contribution is -0.0274. The highest BCUT2D eigenvalue weighted by Gasteiger charge is 2.24. The number of ether oxygens (including phenoxy) is 1. The van der Waals surface area contributed by atoms with Crippen molar-refractivity contribution < 1.29 is 23.0 Å². The predicted molar refractivity (Wildman–Crippen MR) is 106 cm³/mol. The van der Waals surface area contributed by atoms with Gasteiger partial charge in [-0.2, -0.15) is 0 Å². The van der Waals surface area contributed by atoms with Crippen molar-refractivity contribution >= 4 is 0 Å². The van der Waals surface area contributed by atoms with E-state index in [4.69, 9.17) is 9.84 Å². The average molecular weight is 398 g/mol. The van der Waals surface area contributed by atoms with E-state index in [0.29, 0.717) is 29.7 Å². The molecule has 29 heavy (non-hydrogen) atoms. The molecule has 0 saturated carbocycles. The van der Waals surface area contributed by atoms with E-state index in [1.165, 1.54) is 18.2 Å². The smallest absolute Gasteiger partial charge is 0.166 e. The molecule has 0 aliphatic carbocycles. The van der Waals surface area contributed by atoms with Crippen LogP contribution in [0.15, 0.2) is 60.7 Å². The third kappa shape index (κ3) is 4.07. The zero-order valence-corrected chi connectivity index (χ0v) is 15.7. The summed E-state index contributed by atoms with van der Waals surface area (Å²) in [7, 11) is 0. The van der Waals surface area contributed by atoms with Crippen molar-refractivity contribution in [2.45, 2.75) is 24.9 Å². The van der Waals surface area contributed by atoms with Gasteiger partial charge in [0.2, 0.25) is 0 Å². The van der Waals surface area contributed by atoms with Crippen molar-refractivity contribution in [2.24, 2.45) is 0 Å². The molecule has 4 rings (SSSR count). The van der Waals surface area contributed by atoms with E-state index in [9.17, 15) is 13.2 Å². The zero-order chi connectivity index (χ0) is 20.4. The molecule has 1 heterocycles. The van der Waals surface area contributed by atoms with Gasteiger partial charge in [-0.1, -0.05) is 48.5 Å². The van der Waals surface area contributed by atoms with Crippen LogP contribution in [0.4, 0.5) is 13.2 Å². The van der Waals surface area contributed by atoms with Gasteiger partial charge in [0.1, 0.15) is 5.82 Å². The molecule has 3 aromatic carbocycles. The number of aliphatic hydroxyl groups excluding tert-OH is 1. The molecule has 2 unspecified atom stereocenters. The van der Waals surface area contributed by atoms with Gasteiger partial charge < -0.3 is 9.84 Å². The molecule has 0 spiro atoms. The van der Waals surface area contributed by atoms with Crippen molar-refractivity contribution in [3.8, 4) is 22.3 Å². The monoisotopic (exact) mass is 398 g/mol. The highest BCUT2D eigenvalue weighted by Crippen LogP contribution is 2.33. The van der Waals surface area contributed by atoms with Gasteiger partial charge in [-0.05, 0) is 47.2 Å². The van der Waals surface area contributed by atoms with E-state index >= 15 is 0 Å². The first-order valence-electron chi connectivity index (χ1n) is 9.63. The Bertz CT molecular complexity index is 994. The van der Waals surface area contributed by atoms with E-state index < -0.39 is 11.6 Å². The topological polar surface area (TPSA) is 29.5 Å². The number of hydrogen-bond donors (Lipinski definition) is 1. The lowest BCUT2D eigenvalue weighted by Gasteiger charge is -2.28. The molecule has 1 saturated heterocycles. The van der Waals surface area contributed by atoms with Crippen molar-refractivity contribution in [3.63, 3.8) is 0 Å².